The Morgan fingerprint density at radius 2 is 2.04 bits per heavy atom. The fourth-order valence-electron chi connectivity index (χ4n) is 3.02. The van der Waals surface area contributed by atoms with Gasteiger partial charge in [-0.3, -0.25) is 0 Å². The average Bonchev–Trinajstić information content (AvgIpc) is 2.85. The highest BCUT2D eigenvalue weighted by Crippen LogP contribution is 2.32. The molecule has 1 aliphatic rings. The number of aromatic nitrogens is 3. The first kappa shape index (κ1) is 14.9. The molecule has 0 spiro atoms. The first-order valence-corrected chi connectivity index (χ1v) is 9.68. The monoisotopic (exact) mass is 395 g/mol. The van der Waals surface area contributed by atoms with E-state index in [1.54, 1.807) is 0 Å². The molecule has 3 aromatic rings. The lowest BCUT2D eigenvalue weighted by Crippen LogP contribution is -2.37. The molecule has 2 N–H and O–H groups in total. The third kappa shape index (κ3) is 2.30. The number of nitrogen functional groups attached to an aromatic ring is 1. The maximum atomic E-state index is 11.8. The molecule has 0 unspecified atom stereocenters. The molecule has 4 rings (SSSR count). The molecule has 0 bridgehead atoms. The second-order valence-electron chi connectivity index (χ2n) is 5.63. The van der Waals surface area contributed by atoms with E-state index in [0.717, 1.165) is 20.9 Å². The molecule has 0 aliphatic carbocycles. The Bertz CT molecular complexity index is 1060. The van der Waals surface area contributed by atoms with Gasteiger partial charge in [-0.15, -0.1) is 0 Å². The van der Waals surface area contributed by atoms with Gasteiger partial charge >= 0.3 is 0 Å². The minimum absolute atomic E-state index is 0.255. The van der Waals surface area contributed by atoms with Gasteiger partial charge in [0.2, 0.25) is 10.0 Å². The summed E-state index contributed by atoms with van der Waals surface area (Å²) in [6.07, 6.45) is 1.22. The van der Waals surface area contributed by atoms with E-state index < -0.39 is 10.0 Å². The zero-order valence-corrected chi connectivity index (χ0v) is 14.7. The van der Waals surface area contributed by atoms with Gasteiger partial charge in [0.25, 0.3) is 0 Å². The predicted octanol–water partition coefficient (Wildman–Crippen LogP) is 1.70. The Kier molecular flexibility index (Phi) is 3.16. The summed E-state index contributed by atoms with van der Waals surface area (Å²) in [5.74, 6) is 1.05. The molecule has 0 fully saturated rings. The number of hydrogen-bond acceptors (Lipinski definition) is 5. The standard InChI is InChI=1S/C14H14BrN5O2S/c1-23(21,22)19-4-5-20-11(7-19)18-12-13(20)9-3-2-8(15)6-10(9)17-14(12)16/h2-3,6H,4-5,7H2,1H3,(H2,16,17). The van der Waals surface area contributed by atoms with Crippen molar-refractivity contribution in [1.29, 1.82) is 0 Å². The predicted molar refractivity (Wildman–Crippen MR) is 92.4 cm³/mol. The highest BCUT2D eigenvalue weighted by molar-refractivity contribution is 9.10. The number of halogens is 1. The highest BCUT2D eigenvalue weighted by Gasteiger charge is 2.27. The third-order valence-electron chi connectivity index (χ3n) is 4.10. The maximum Gasteiger partial charge on any atom is 0.211 e. The smallest absolute Gasteiger partial charge is 0.211 e. The van der Waals surface area contributed by atoms with Crippen LogP contribution < -0.4 is 5.73 Å². The Balaban J connectivity index is 2.00. The minimum Gasteiger partial charge on any atom is -0.382 e. The molecule has 0 atom stereocenters. The van der Waals surface area contributed by atoms with Gasteiger partial charge in [0.1, 0.15) is 11.3 Å². The number of benzene rings is 1. The molecule has 0 saturated heterocycles. The van der Waals surface area contributed by atoms with Crippen LogP contribution in [0, 0.1) is 0 Å². The van der Waals surface area contributed by atoms with Crippen LogP contribution in [0.4, 0.5) is 5.82 Å². The van der Waals surface area contributed by atoms with Crippen LogP contribution in [-0.2, 0) is 23.1 Å². The Morgan fingerprint density at radius 3 is 2.78 bits per heavy atom. The number of hydrogen-bond donors (Lipinski definition) is 1. The summed E-state index contributed by atoms with van der Waals surface area (Å²) < 4.78 is 28.0. The largest absolute Gasteiger partial charge is 0.382 e. The lowest BCUT2D eigenvalue weighted by atomic mass is 10.2. The van der Waals surface area contributed by atoms with E-state index in [2.05, 4.69) is 25.9 Å². The van der Waals surface area contributed by atoms with E-state index in [4.69, 9.17) is 5.73 Å². The van der Waals surface area contributed by atoms with Crippen molar-refractivity contribution in [3.63, 3.8) is 0 Å². The molecule has 2 aromatic heterocycles. The topological polar surface area (TPSA) is 94.1 Å². The van der Waals surface area contributed by atoms with Crippen LogP contribution in [0.25, 0.3) is 21.9 Å². The van der Waals surface area contributed by atoms with E-state index in [-0.39, 0.29) is 6.54 Å². The summed E-state index contributed by atoms with van der Waals surface area (Å²) in [6, 6.07) is 5.84. The Morgan fingerprint density at radius 1 is 1.26 bits per heavy atom. The van der Waals surface area contributed by atoms with Gasteiger partial charge in [0.05, 0.1) is 23.8 Å². The molecule has 3 heterocycles. The van der Waals surface area contributed by atoms with Crippen molar-refractivity contribution in [2.75, 3.05) is 18.5 Å². The summed E-state index contributed by atoms with van der Waals surface area (Å²) in [6.45, 7) is 1.23. The molecule has 0 radical (unpaired) electrons. The number of sulfonamides is 1. The molecule has 0 saturated carbocycles. The SMILES string of the molecule is CS(=O)(=O)N1CCn2c(nc3c(N)nc4cc(Br)ccc4c32)C1. The molecular formula is C14H14BrN5O2S. The Hall–Kier alpha value is -1.71. The Labute approximate surface area is 141 Å². The maximum absolute atomic E-state index is 11.8. The second kappa shape index (κ2) is 4.89. The van der Waals surface area contributed by atoms with Crippen molar-refractivity contribution in [2.45, 2.75) is 13.1 Å². The van der Waals surface area contributed by atoms with Crippen LogP contribution in [-0.4, -0.2) is 40.1 Å². The lowest BCUT2D eigenvalue weighted by Gasteiger charge is -2.25. The first-order chi connectivity index (χ1) is 10.8. The third-order valence-corrected chi connectivity index (χ3v) is 5.85. The van der Waals surface area contributed by atoms with Crippen molar-refractivity contribution in [1.82, 2.24) is 18.8 Å². The van der Waals surface area contributed by atoms with Crippen LogP contribution in [0.5, 0.6) is 0 Å². The molecule has 7 nitrogen and oxygen atoms in total. The van der Waals surface area contributed by atoms with Gasteiger partial charge in [-0.2, -0.15) is 4.31 Å². The molecule has 1 aliphatic heterocycles. The van der Waals surface area contributed by atoms with Crippen molar-refractivity contribution >= 4 is 53.7 Å². The molecule has 9 heteroatoms. The van der Waals surface area contributed by atoms with Gasteiger partial charge in [-0.05, 0) is 18.2 Å². The summed E-state index contributed by atoms with van der Waals surface area (Å²) in [5.41, 5.74) is 8.41. The number of rotatable bonds is 1. The number of fused-ring (bicyclic) bond motifs is 5. The number of pyridine rings is 1. The lowest BCUT2D eigenvalue weighted by molar-refractivity contribution is 0.341. The van der Waals surface area contributed by atoms with Gasteiger partial charge in [-0.25, -0.2) is 18.4 Å². The van der Waals surface area contributed by atoms with Crippen LogP contribution in [0.3, 0.4) is 0 Å². The molecule has 23 heavy (non-hydrogen) atoms. The molecular weight excluding hydrogens is 382 g/mol. The number of imidazole rings is 1. The summed E-state index contributed by atoms with van der Waals surface area (Å²) in [4.78, 5) is 8.96. The summed E-state index contributed by atoms with van der Waals surface area (Å²) in [5, 5.41) is 0.962. The fraction of sp³-hybridized carbons (Fsp3) is 0.286. The van der Waals surface area contributed by atoms with Gasteiger partial charge < -0.3 is 10.3 Å². The number of anilines is 1. The average molecular weight is 396 g/mol. The van der Waals surface area contributed by atoms with Crippen LogP contribution >= 0.6 is 15.9 Å². The quantitative estimate of drug-likeness (QED) is 0.676. The fourth-order valence-corrected chi connectivity index (χ4v) is 4.14. The zero-order valence-electron chi connectivity index (χ0n) is 12.3. The van der Waals surface area contributed by atoms with Crippen molar-refractivity contribution < 1.29 is 8.42 Å². The van der Waals surface area contributed by atoms with E-state index in [9.17, 15) is 8.42 Å². The van der Waals surface area contributed by atoms with E-state index in [1.165, 1.54) is 10.6 Å². The zero-order chi connectivity index (χ0) is 16.4. The first-order valence-electron chi connectivity index (χ1n) is 7.03. The normalized spacial score (nSPS) is 16.1. The molecule has 0 amide bonds. The molecule has 1 aromatic carbocycles. The number of nitrogens with zero attached hydrogens (tertiary/aromatic N) is 4. The van der Waals surface area contributed by atoms with Gasteiger partial charge in [0, 0.05) is 22.9 Å². The van der Waals surface area contributed by atoms with E-state index in [0.29, 0.717) is 30.2 Å². The summed E-state index contributed by atoms with van der Waals surface area (Å²) >= 11 is 3.44. The molecule has 120 valence electrons. The van der Waals surface area contributed by atoms with Crippen LogP contribution in [0.15, 0.2) is 22.7 Å². The van der Waals surface area contributed by atoms with Crippen molar-refractivity contribution in [3.05, 3.63) is 28.5 Å². The van der Waals surface area contributed by atoms with Gasteiger partial charge in [0.15, 0.2) is 5.82 Å². The highest BCUT2D eigenvalue weighted by atomic mass is 79.9. The van der Waals surface area contributed by atoms with Gasteiger partial charge in [-0.1, -0.05) is 15.9 Å². The summed E-state index contributed by atoms with van der Waals surface area (Å²) in [7, 11) is -3.24. The van der Waals surface area contributed by atoms with E-state index in [1.807, 2.05) is 22.8 Å². The number of nitrogens with two attached hydrogens (primary N) is 1. The van der Waals surface area contributed by atoms with E-state index >= 15 is 0 Å². The van der Waals surface area contributed by atoms with Crippen LogP contribution in [0.2, 0.25) is 0 Å². The minimum atomic E-state index is -3.24. The van der Waals surface area contributed by atoms with Crippen molar-refractivity contribution in [3.8, 4) is 0 Å². The van der Waals surface area contributed by atoms with Crippen LogP contribution in [0.1, 0.15) is 5.82 Å². The second-order valence-corrected chi connectivity index (χ2v) is 8.53. The van der Waals surface area contributed by atoms with Crippen molar-refractivity contribution in [2.24, 2.45) is 0 Å².